The highest BCUT2D eigenvalue weighted by atomic mass is 15.3. The fourth-order valence-corrected chi connectivity index (χ4v) is 2.83. The lowest BCUT2D eigenvalue weighted by Gasteiger charge is -1.92. The predicted octanol–water partition coefficient (Wildman–Crippen LogP) is 1.83. The van der Waals surface area contributed by atoms with Gasteiger partial charge in [-0.3, -0.25) is 0 Å². The van der Waals surface area contributed by atoms with Crippen LogP contribution in [-0.2, 0) is 6.42 Å². The second-order valence-corrected chi connectivity index (χ2v) is 4.67. The molecule has 0 aliphatic carbocycles. The number of aryl methyl sites for hydroxylation is 1. The highest BCUT2D eigenvalue weighted by Gasteiger charge is 2.25. The number of rotatable bonds is 3. The molecule has 0 amide bonds. The van der Waals surface area contributed by atoms with E-state index >= 15 is 0 Å². The lowest BCUT2D eigenvalue weighted by Crippen LogP contribution is -2.24. The summed E-state index contributed by atoms with van der Waals surface area (Å²) >= 11 is 0. The third kappa shape index (κ3) is 1.37. The van der Waals surface area contributed by atoms with E-state index in [1.54, 1.807) is 0 Å². The van der Waals surface area contributed by atoms with Crippen molar-refractivity contribution in [2.75, 3.05) is 6.54 Å². The summed E-state index contributed by atoms with van der Waals surface area (Å²) in [6.07, 6.45) is 11.5. The molecule has 18 heavy (non-hydrogen) atoms. The molecular weight excluding hydrogens is 222 g/mol. The van der Waals surface area contributed by atoms with E-state index in [0.29, 0.717) is 6.54 Å². The van der Waals surface area contributed by atoms with Crippen LogP contribution in [0.3, 0.4) is 0 Å². The minimum atomic E-state index is 0.685. The zero-order chi connectivity index (χ0) is 12.7. The number of allylic oxidation sites excluding steroid dienone is 2. The second kappa shape index (κ2) is 4.10. The molecule has 1 aliphatic heterocycles. The van der Waals surface area contributed by atoms with Crippen LogP contribution in [0.4, 0.5) is 0 Å². The standard InChI is InChI=1S/C15H18N3/c1-3-5-12-10-11(2)15-13(7-8-16)14-6-4-9-17(14)18(12)15/h3-6,9-10H,7-8,16H2,1-2H3/q+1/b5-3+. The fraction of sp³-hybridized carbons (Fsp3) is 0.267. The van der Waals surface area contributed by atoms with Gasteiger partial charge in [-0.05, 0) is 44.5 Å². The Labute approximate surface area is 107 Å². The molecular formula is C15H18N3+. The fourth-order valence-electron chi connectivity index (χ4n) is 2.83. The Bertz CT molecular complexity index is 717. The van der Waals surface area contributed by atoms with E-state index in [2.05, 4.69) is 52.4 Å². The Balaban J connectivity index is 2.43. The van der Waals surface area contributed by atoms with Gasteiger partial charge in [0.05, 0.1) is 5.56 Å². The summed E-state index contributed by atoms with van der Waals surface area (Å²) in [6, 6.07) is 2.23. The van der Waals surface area contributed by atoms with E-state index in [0.717, 1.165) is 6.42 Å². The van der Waals surface area contributed by atoms with Crippen LogP contribution in [0.25, 0.3) is 17.7 Å². The van der Waals surface area contributed by atoms with Crippen molar-refractivity contribution in [3.63, 3.8) is 0 Å². The molecule has 3 nitrogen and oxygen atoms in total. The molecule has 0 atom stereocenters. The van der Waals surface area contributed by atoms with E-state index in [1.807, 2.05) is 6.92 Å². The molecule has 0 spiro atoms. The van der Waals surface area contributed by atoms with Crippen LogP contribution < -0.4 is 10.1 Å². The first-order valence-corrected chi connectivity index (χ1v) is 6.37. The molecule has 0 unspecified atom stereocenters. The third-order valence-electron chi connectivity index (χ3n) is 3.46. The molecule has 0 bridgehead atoms. The predicted molar refractivity (Wildman–Crippen MR) is 74.1 cm³/mol. The average molecular weight is 240 g/mol. The summed E-state index contributed by atoms with van der Waals surface area (Å²) in [4.78, 5) is 0. The van der Waals surface area contributed by atoms with Crippen LogP contribution >= 0.6 is 0 Å². The van der Waals surface area contributed by atoms with Crippen LogP contribution in [-0.4, -0.2) is 11.1 Å². The molecule has 2 aromatic heterocycles. The molecule has 3 heterocycles. The second-order valence-electron chi connectivity index (χ2n) is 4.67. The van der Waals surface area contributed by atoms with E-state index in [-0.39, 0.29) is 0 Å². The number of nitrogens with two attached hydrogens (primary N) is 1. The Morgan fingerprint density at radius 2 is 2.28 bits per heavy atom. The van der Waals surface area contributed by atoms with Gasteiger partial charge in [0.1, 0.15) is 11.2 Å². The van der Waals surface area contributed by atoms with Crippen LogP contribution in [0, 0.1) is 13.1 Å². The normalized spacial score (nSPS) is 13.7. The van der Waals surface area contributed by atoms with E-state index in [4.69, 9.17) is 5.73 Å². The monoisotopic (exact) mass is 240 g/mol. The molecule has 0 saturated carbocycles. The first-order valence-electron chi connectivity index (χ1n) is 6.37. The van der Waals surface area contributed by atoms with E-state index in [1.165, 1.54) is 28.0 Å². The summed E-state index contributed by atoms with van der Waals surface area (Å²) in [5.41, 5.74) is 12.2. The van der Waals surface area contributed by atoms with Crippen LogP contribution in [0.1, 0.15) is 29.4 Å². The van der Waals surface area contributed by atoms with Crippen LogP contribution in [0.15, 0.2) is 18.2 Å². The number of nitrogens with zero attached hydrogens (tertiary/aromatic N) is 2. The Kier molecular flexibility index (Phi) is 2.56. The van der Waals surface area contributed by atoms with Crippen molar-refractivity contribution in [1.29, 1.82) is 0 Å². The van der Waals surface area contributed by atoms with E-state index < -0.39 is 0 Å². The van der Waals surface area contributed by atoms with Gasteiger partial charge >= 0.3 is 0 Å². The minimum Gasteiger partial charge on any atom is -0.330 e. The molecule has 0 saturated heterocycles. The van der Waals surface area contributed by atoms with Gasteiger partial charge in [-0.25, -0.2) is 0 Å². The molecule has 1 aliphatic rings. The number of hydrogen-bond donors (Lipinski definition) is 1. The van der Waals surface area contributed by atoms with Gasteiger partial charge < -0.3 is 5.73 Å². The molecule has 0 aromatic carbocycles. The maximum atomic E-state index is 5.75. The van der Waals surface area contributed by atoms with Gasteiger partial charge in [0.2, 0.25) is 11.9 Å². The van der Waals surface area contributed by atoms with Crippen LogP contribution in [0.2, 0.25) is 0 Å². The van der Waals surface area contributed by atoms with Crippen molar-refractivity contribution in [3.05, 3.63) is 46.9 Å². The molecule has 2 N–H and O–H groups in total. The molecule has 0 fully saturated rings. The largest absolute Gasteiger partial charge is 0.330 e. The highest BCUT2D eigenvalue weighted by Crippen LogP contribution is 2.24. The summed E-state index contributed by atoms with van der Waals surface area (Å²) < 4.78 is 4.48. The lowest BCUT2D eigenvalue weighted by atomic mass is 10.1. The zero-order valence-electron chi connectivity index (χ0n) is 10.9. The third-order valence-corrected chi connectivity index (χ3v) is 3.46. The SMILES string of the molecule is C/C=C/c1cc(C)c2c(CCN)c3[n+](n12)=CC=C3. The zero-order valence-corrected chi connectivity index (χ0v) is 10.9. The van der Waals surface area contributed by atoms with Crippen molar-refractivity contribution >= 4 is 17.7 Å². The first-order chi connectivity index (χ1) is 8.77. The smallest absolute Gasteiger partial charge is 0.242 e. The van der Waals surface area contributed by atoms with Gasteiger partial charge in [-0.2, -0.15) is 0 Å². The first kappa shape index (κ1) is 11.2. The molecule has 92 valence electrons. The van der Waals surface area contributed by atoms with Crippen molar-refractivity contribution < 1.29 is 4.36 Å². The maximum absolute atomic E-state index is 5.75. The molecule has 3 heteroatoms. The minimum absolute atomic E-state index is 0.685. The Morgan fingerprint density at radius 3 is 3.00 bits per heavy atom. The summed E-state index contributed by atoms with van der Waals surface area (Å²) in [6.45, 7) is 4.90. The van der Waals surface area contributed by atoms with Gasteiger partial charge in [0.25, 0.3) is 0 Å². The summed E-state index contributed by atoms with van der Waals surface area (Å²) in [5.74, 6) is 0. The lowest BCUT2D eigenvalue weighted by molar-refractivity contribution is -0.583. The molecule has 3 rings (SSSR count). The summed E-state index contributed by atoms with van der Waals surface area (Å²) in [5, 5.41) is 0. The average Bonchev–Trinajstić information content (AvgIpc) is 2.97. The highest BCUT2D eigenvalue weighted by molar-refractivity contribution is 5.71. The van der Waals surface area contributed by atoms with Crippen molar-refractivity contribution in [1.82, 2.24) is 4.52 Å². The van der Waals surface area contributed by atoms with Crippen molar-refractivity contribution in [2.45, 2.75) is 20.3 Å². The molecule has 0 radical (unpaired) electrons. The van der Waals surface area contributed by atoms with Crippen LogP contribution in [0.5, 0.6) is 0 Å². The number of fused-ring (bicyclic) bond motifs is 3. The Morgan fingerprint density at radius 1 is 1.44 bits per heavy atom. The van der Waals surface area contributed by atoms with E-state index in [9.17, 15) is 0 Å². The van der Waals surface area contributed by atoms with Crippen molar-refractivity contribution in [3.8, 4) is 0 Å². The van der Waals surface area contributed by atoms with Crippen molar-refractivity contribution in [2.24, 2.45) is 5.73 Å². The summed E-state index contributed by atoms with van der Waals surface area (Å²) in [7, 11) is 0. The topological polar surface area (TPSA) is 36.3 Å². The Hall–Kier alpha value is -1.87. The van der Waals surface area contributed by atoms with Gasteiger partial charge in [-0.15, -0.1) is 4.52 Å². The van der Waals surface area contributed by atoms with Gasteiger partial charge in [0, 0.05) is 12.2 Å². The quantitative estimate of drug-likeness (QED) is 0.816. The maximum Gasteiger partial charge on any atom is 0.242 e. The molecule has 2 aromatic rings. The number of hydrogen-bond acceptors (Lipinski definition) is 1. The van der Waals surface area contributed by atoms with Gasteiger partial charge in [-0.1, -0.05) is 10.4 Å². The van der Waals surface area contributed by atoms with Gasteiger partial charge in [0.15, 0.2) is 0 Å². The number of aromatic nitrogens is 2.